The van der Waals surface area contributed by atoms with E-state index in [9.17, 15) is 9.90 Å². The van der Waals surface area contributed by atoms with Crippen LogP contribution in [-0.2, 0) is 6.54 Å². The van der Waals surface area contributed by atoms with Crippen LogP contribution >= 0.6 is 0 Å². The van der Waals surface area contributed by atoms with Crippen LogP contribution in [0.3, 0.4) is 0 Å². The van der Waals surface area contributed by atoms with Crippen molar-refractivity contribution in [1.82, 2.24) is 19.4 Å². The van der Waals surface area contributed by atoms with Crippen LogP contribution in [-0.4, -0.2) is 54.9 Å². The van der Waals surface area contributed by atoms with Gasteiger partial charge in [0.2, 0.25) is 5.95 Å². The maximum absolute atomic E-state index is 11.1. The van der Waals surface area contributed by atoms with Gasteiger partial charge in [-0.15, -0.1) is 0 Å². The van der Waals surface area contributed by atoms with Gasteiger partial charge in [0, 0.05) is 24.8 Å². The first-order valence-electron chi connectivity index (χ1n) is 9.82. The van der Waals surface area contributed by atoms with Crippen molar-refractivity contribution in [2.45, 2.75) is 38.5 Å². The number of piperidine rings is 1. The van der Waals surface area contributed by atoms with E-state index >= 15 is 0 Å². The van der Waals surface area contributed by atoms with Crippen molar-refractivity contribution in [3.05, 3.63) is 53.9 Å². The van der Waals surface area contributed by atoms with Crippen LogP contribution in [0.4, 0.5) is 10.7 Å². The molecule has 4 rings (SSSR count). The standard InChI is InChI=1S/C21H25N5O3/c1-14-5-4-7-17(22-14)19(27)13-26-18-8-3-2-6-16(18)24-20(26)23-15-9-11-25(12-10-15)21(28)29/h2-8,15,19,27H,9-13H2,1H3,(H,23,24)(H,28,29). The Balaban J connectivity index is 1.57. The fraction of sp³-hybridized carbons (Fsp3) is 0.381. The molecule has 3 N–H and O–H groups in total. The number of hydrogen-bond donors (Lipinski definition) is 3. The minimum atomic E-state index is -0.871. The summed E-state index contributed by atoms with van der Waals surface area (Å²) in [6, 6.07) is 13.6. The van der Waals surface area contributed by atoms with Gasteiger partial charge in [-0.2, -0.15) is 0 Å². The molecule has 0 bridgehead atoms. The minimum absolute atomic E-state index is 0.135. The van der Waals surface area contributed by atoms with Gasteiger partial charge in [-0.1, -0.05) is 18.2 Å². The van der Waals surface area contributed by atoms with Crippen molar-refractivity contribution in [3.63, 3.8) is 0 Å². The van der Waals surface area contributed by atoms with Gasteiger partial charge in [-0.05, 0) is 44.0 Å². The number of fused-ring (bicyclic) bond motifs is 1. The average Bonchev–Trinajstić information content (AvgIpc) is 3.05. The number of pyridine rings is 1. The van der Waals surface area contributed by atoms with E-state index in [4.69, 9.17) is 10.1 Å². The lowest BCUT2D eigenvalue weighted by Crippen LogP contribution is -2.42. The second-order valence-corrected chi connectivity index (χ2v) is 7.44. The zero-order chi connectivity index (χ0) is 20.4. The largest absolute Gasteiger partial charge is 0.465 e. The number of imidazole rings is 1. The fourth-order valence-corrected chi connectivity index (χ4v) is 3.78. The van der Waals surface area contributed by atoms with Gasteiger partial charge in [0.25, 0.3) is 0 Å². The number of aromatic nitrogens is 3. The molecular weight excluding hydrogens is 370 g/mol. The van der Waals surface area contributed by atoms with E-state index in [2.05, 4.69) is 10.3 Å². The molecule has 1 atom stereocenters. The van der Waals surface area contributed by atoms with Gasteiger partial charge in [-0.25, -0.2) is 9.78 Å². The van der Waals surface area contributed by atoms with Crippen molar-refractivity contribution >= 4 is 23.1 Å². The fourth-order valence-electron chi connectivity index (χ4n) is 3.78. The molecule has 1 saturated heterocycles. The third-order valence-electron chi connectivity index (χ3n) is 5.36. The summed E-state index contributed by atoms with van der Waals surface area (Å²) < 4.78 is 1.98. The zero-order valence-corrected chi connectivity index (χ0v) is 16.3. The highest BCUT2D eigenvalue weighted by Gasteiger charge is 2.24. The number of aliphatic hydroxyl groups is 1. The molecule has 8 nitrogen and oxygen atoms in total. The molecule has 0 aliphatic carbocycles. The molecule has 2 aromatic heterocycles. The third-order valence-corrected chi connectivity index (χ3v) is 5.36. The summed E-state index contributed by atoms with van der Waals surface area (Å²) in [6.07, 6.45) is -0.194. The van der Waals surface area contributed by atoms with Crippen molar-refractivity contribution in [2.75, 3.05) is 18.4 Å². The highest BCUT2D eigenvalue weighted by molar-refractivity contribution is 5.78. The molecule has 1 unspecified atom stereocenters. The molecule has 0 radical (unpaired) electrons. The zero-order valence-electron chi connectivity index (χ0n) is 16.3. The first kappa shape index (κ1) is 19.2. The number of hydrogen-bond acceptors (Lipinski definition) is 5. The van der Waals surface area contributed by atoms with E-state index < -0.39 is 12.2 Å². The Bertz CT molecular complexity index is 1010. The van der Waals surface area contributed by atoms with Gasteiger partial charge in [-0.3, -0.25) is 4.98 Å². The molecule has 1 amide bonds. The number of rotatable bonds is 5. The number of amides is 1. The predicted octanol–water partition coefficient (Wildman–Crippen LogP) is 3.03. The first-order chi connectivity index (χ1) is 14.0. The summed E-state index contributed by atoms with van der Waals surface area (Å²) in [5, 5.41) is 23.4. The summed E-state index contributed by atoms with van der Waals surface area (Å²) in [4.78, 5) is 21.7. The number of carbonyl (C=O) groups is 1. The van der Waals surface area contributed by atoms with Crippen LogP contribution in [0.2, 0.25) is 0 Å². The maximum atomic E-state index is 11.1. The number of benzene rings is 1. The van der Waals surface area contributed by atoms with E-state index in [-0.39, 0.29) is 6.04 Å². The lowest BCUT2D eigenvalue weighted by molar-refractivity contribution is 0.133. The van der Waals surface area contributed by atoms with E-state index in [1.54, 1.807) is 0 Å². The Morgan fingerprint density at radius 1 is 1.17 bits per heavy atom. The van der Waals surface area contributed by atoms with Gasteiger partial charge in [0.1, 0.15) is 6.10 Å². The SMILES string of the molecule is Cc1cccc(C(O)Cn2c(NC3CCN(C(=O)O)CC3)nc3ccccc32)n1. The first-order valence-corrected chi connectivity index (χ1v) is 9.82. The van der Waals surface area contributed by atoms with Crippen molar-refractivity contribution in [3.8, 4) is 0 Å². The molecule has 8 heteroatoms. The van der Waals surface area contributed by atoms with Gasteiger partial charge < -0.3 is 25.0 Å². The van der Waals surface area contributed by atoms with Crippen molar-refractivity contribution < 1.29 is 15.0 Å². The van der Waals surface area contributed by atoms with E-state index in [0.29, 0.717) is 31.3 Å². The summed E-state index contributed by atoms with van der Waals surface area (Å²) >= 11 is 0. The van der Waals surface area contributed by atoms with Crippen LogP contribution in [0.25, 0.3) is 11.0 Å². The van der Waals surface area contributed by atoms with Gasteiger partial charge >= 0.3 is 6.09 Å². The number of nitrogens with one attached hydrogen (secondary N) is 1. The molecule has 1 aliphatic rings. The minimum Gasteiger partial charge on any atom is -0.465 e. The summed E-state index contributed by atoms with van der Waals surface area (Å²) in [5.41, 5.74) is 3.27. The normalized spacial score (nSPS) is 16.1. The number of carboxylic acid groups (broad SMARTS) is 1. The van der Waals surface area contributed by atoms with E-state index in [1.807, 2.05) is 54.0 Å². The van der Waals surface area contributed by atoms with Crippen molar-refractivity contribution in [1.29, 1.82) is 0 Å². The monoisotopic (exact) mass is 395 g/mol. The molecule has 0 saturated carbocycles. The second kappa shape index (κ2) is 8.08. The predicted molar refractivity (Wildman–Crippen MR) is 110 cm³/mol. The quantitative estimate of drug-likeness (QED) is 0.614. The molecule has 3 aromatic rings. The molecular formula is C21H25N5O3. The molecule has 1 aromatic carbocycles. The van der Waals surface area contributed by atoms with Gasteiger partial charge in [0.05, 0.1) is 23.3 Å². The number of nitrogens with zero attached hydrogens (tertiary/aromatic N) is 4. The molecule has 1 fully saturated rings. The second-order valence-electron chi connectivity index (χ2n) is 7.44. The van der Waals surface area contributed by atoms with Crippen molar-refractivity contribution in [2.24, 2.45) is 0 Å². The number of para-hydroxylation sites is 2. The van der Waals surface area contributed by atoms with Crippen LogP contribution in [0.5, 0.6) is 0 Å². The molecule has 3 heterocycles. The lowest BCUT2D eigenvalue weighted by Gasteiger charge is -2.30. The molecule has 152 valence electrons. The Morgan fingerprint density at radius 2 is 1.93 bits per heavy atom. The number of anilines is 1. The molecule has 29 heavy (non-hydrogen) atoms. The molecule has 0 spiro atoms. The van der Waals surface area contributed by atoms with Crippen LogP contribution in [0, 0.1) is 6.92 Å². The highest BCUT2D eigenvalue weighted by Crippen LogP contribution is 2.25. The summed E-state index contributed by atoms with van der Waals surface area (Å²) in [6.45, 7) is 3.23. The number of aryl methyl sites for hydroxylation is 1. The van der Waals surface area contributed by atoms with Crippen LogP contribution in [0.1, 0.15) is 30.3 Å². The Morgan fingerprint density at radius 3 is 2.66 bits per heavy atom. The Labute approximate surface area is 168 Å². The van der Waals surface area contributed by atoms with E-state index in [0.717, 1.165) is 29.6 Å². The lowest BCUT2D eigenvalue weighted by atomic mass is 10.1. The van der Waals surface area contributed by atoms with Crippen LogP contribution < -0.4 is 5.32 Å². The molecule has 1 aliphatic heterocycles. The summed E-state index contributed by atoms with van der Waals surface area (Å²) in [7, 11) is 0. The average molecular weight is 395 g/mol. The highest BCUT2D eigenvalue weighted by atomic mass is 16.4. The van der Waals surface area contributed by atoms with Crippen LogP contribution in [0.15, 0.2) is 42.5 Å². The third kappa shape index (κ3) is 4.17. The Hall–Kier alpha value is -3.13. The summed E-state index contributed by atoms with van der Waals surface area (Å²) in [5.74, 6) is 0.687. The Kier molecular flexibility index (Phi) is 5.35. The van der Waals surface area contributed by atoms with E-state index in [1.165, 1.54) is 4.90 Å². The maximum Gasteiger partial charge on any atom is 0.407 e. The number of aliphatic hydroxyl groups excluding tert-OH is 1. The topological polar surface area (TPSA) is 104 Å². The number of likely N-dealkylation sites (tertiary alicyclic amines) is 1. The smallest absolute Gasteiger partial charge is 0.407 e. The van der Waals surface area contributed by atoms with Gasteiger partial charge in [0.15, 0.2) is 0 Å².